The van der Waals surface area contributed by atoms with Gasteiger partial charge in [-0.25, -0.2) is 15.0 Å². The fourth-order valence-corrected chi connectivity index (χ4v) is 4.12. The Balaban J connectivity index is 1.63. The van der Waals surface area contributed by atoms with Crippen molar-refractivity contribution < 1.29 is 0 Å². The number of fused-ring (bicyclic) bond motifs is 1. The van der Waals surface area contributed by atoms with E-state index >= 15 is 0 Å². The summed E-state index contributed by atoms with van der Waals surface area (Å²) in [7, 11) is 0. The third-order valence-corrected chi connectivity index (χ3v) is 5.86. The van der Waals surface area contributed by atoms with E-state index in [-0.39, 0.29) is 0 Å². The molecule has 0 atom stereocenters. The highest BCUT2D eigenvalue weighted by atomic mass is 15.0. The van der Waals surface area contributed by atoms with Crippen molar-refractivity contribution in [2.24, 2.45) is 0 Å². The standard InChI is InChI=1S/C31H24N4/c1-4-11-22(5-2)29-33-30(24-12-7-6-8-13-24)35-31(34-29)25-18-16-23(17-19-25)28-21(3)32-20-26-14-9-10-15-27(26)28/h4-20H,1-2H2,3H3/b22-11+. The van der Waals surface area contributed by atoms with Crippen molar-refractivity contribution >= 4 is 16.3 Å². The summed E-state index contributed by atoms with van der Waals surface area (Å²) in [5, 5.41) is 2.31. The molecule has 0 amide bonds. The van der Waals surface area contributed by atoms with Crippen LogP contribution in [0.4, 0.5) is 0 Å². The highest BCUT2D eigenvalue weighted by Gasteiger charge is 2.13. The predicted octanol–water partition coefficient (Wildman–Crippen LogP) is 7.48. The van der Waals surface area contributed by atoms with E-state index in [0.717, 1.165) is 38.9 Å². The third kappa shape index (κ3) is 4.42. The number of rotatable bonds is 6. The van der Waals surface area contributed by atoms with Crippen LogP contribution in [0.25, 0.3) is 50.2 Å². The molecule has 5 rings (SSSR count). The maximum Gasteiger partial charge on any atom is 0.164 e. The van der Waals surface area contributed by atoms with Crippen LogP contribution in [0.15, 0.2) is 116 Å². The minimum Gasteiger partial charge on any atom is -0.260 e. The third-order valence-electron chi connectivity index (χ3n) is 5.86. The highest BCUT2D eigenvalue weighted by molar-refractivity contribution is 5.97. The summed E-state index contributed by atoms with van der Waals surface area (Å²) in [6.07, 6.45) is 7.21. The van der Waals surface area contributed by atoms with E-state index in [1.54, 1.807) is 12.2 Å². The molecule has 4 nitrogen and oxygen atoms in total. The van der Waals surface area contributed by atoms with Gasteiger partial charge in [-0.15, -0.1) is 0 Å². The molecule has 0 unspecified atom stereocenters. The first-order chi connectivity index (χ1) is 17.2. The van der Waals surface area contributed by atoms with Crippen LogP contribution < -0.4 is 0 Å². The molecular weight excluding hydrogens is 428 g/mol. The molecule has 0 aliphatic carbocycles. The molecule has 5 aromatic rings. The largest absolute Gasteiger partial charge is 0.260 e. The lowest BCUT2D eigenvalue weighted by molar-refractivity contribution is 1.04. The van der Waals surface area contributed by atoms with Crippen LogP contribution in [0.1, 0.15) is 11.5 Å². The molecule has 3 aromatic carbocycles. The van der Waals surface area contributed by atoms with Crippen LogP contribution >= 0.6 is 0 Å². The van der Waals surface area contributed by atoms with Gasteiger partial charge >= 0.3 is 0 Å². The number of pyridine rings is 1. The van der Waals surface area contributed by atoms with Crippen molar-refractivity contribution in [2.75, 3.05) is 0 Å². The van der Waals surface area contributed by atoms with E-state index in [2.05, 4.69) is 60.6 Å². The molecular formula is C31H24N4. The van der Waals surface area contributed by atoms with Crippen LogP contribution in [0.3, 0.4) is 0 Å². The summed E-state index contributed by atoms with van der Waals surface area (Å²) in [4.78, 5) is 18.9. The second kappa shape index (κ2) is 9.65. The number of benzene rings is 3. The van der Waals surface area contributed by atoms with Gasteiger partial charge in [0.05, 0.1) is 0 Å². The Morgan fingerprint density at radius 2 is 1.34 bits per heavy atom. The second-order valence-corrected chi connectivity index (χ2v) is 8.12. The number of aryl methyl sites for hydroxylation is 1. The predicted molar refractivity (Wildman–Crippen MR) is 145 cm³/mol. The normalized spacial score (nSPS) is 11.4. The quantitative estimate of drug-likeness (QED) is 0.251. The fourth-order valence-electron chi connectivity index (χ4n) is 4.12. The van der Waals surface area contributed by atoms with Gasteiger partial charge in [-0.1, -0.05) is 110 Å². The fraction of sp³-hybridized carbons (Fsp3) is 0.0323. The van der Waals surface area contributed by atoms with E-state index in [1.165, 1.54) is 5.39 Å². The topological polar surface area (TPSA) is 51.6 Å². The SMILES string of the molecule is C=C/C=C(\C=C)c1nc(-c2ccccc2)nc(-c2ccc(-c3c(C)ncc4ccccc34)cc2)n1. The number of allylic oxidation sites excluding steroid dienone is 4. The Bertz CT molecular complexity index is 1570. The molecule has 2 heterocycles. The van der Waals surface area contributed by atoms with Crippen molar-refractivity contribution in [2.45, 2.75) is 6.92 Å². The molecule has 168 valence electrons. The molecule has 4 heteroatoms. The van der Waals surface area contributed by atoms with Crippen molar-refractivity contribution in [1.82, 2.24) is 19.9 Å². The van der Waals surface area contributed by atoms with E-state index in [1.807, 2.05) is 55.6 Å². The Hall–Kier alpha value is -4.70. The van der Waals surface area contributed by atoms with E-state index in [9.17, 15) is 0 Å². The summed E-state index contributed by atoms with van der Waals surface area (Å²) in [6, 6.07) is 26.5. The number of hydrogen-bond acceptors (Lipinski definition) is 4. The van der Waals surface area contributed by atoms with Crippen molar-refractivity contribution in [1.29, 1.82) is 0 Å². The van der Waals surface area contributed by atoms with E-state index < -0.39 is 0 Å². The molecule has 0 spiro atoms. The lowest BCUT2D eigenvalue weighted by Gasteiger charge is -2.11. The van der Waals surface area contributed by atoms with Gasteiger partial charge in [0.25, 0.3) is 0 Å². The average Bonchev–Trinajstić information content (AvgIpc) is 2.92. The maximum absolute atomic E-state index is 4.80. The zero-order valence-corrected chi connectivity index (χ0v) is 19.5. The number of aromatic nitrogens is 4. The van der Waals surface area contributed by atoms with Gasteiger partial charge in [-0.05, 0) is 17.9 Å². The molecule has 0 fully saturated rings. The monoisotopic (exact) mass is 452 g/mol. The maximum atomic E-state index is 4.80. The first kappa shape index (κ1) is 22.1. The lowest BCUT2D eigenvalue weighted by Crippen LogP contribution is -2.02. The van der Waals surface area contributed by atoms with Crippen LogP contribution in [-0.4, -0.2) is 19.9 Å². The Morgan fingerprint density at radius 3 is 2.03 bits per heavy atom. The molecule has 0 aliphatic heterocycles. The van der Waals surface area contributed by atoms with Gasteiger partial charge in [0.15, 0.2) is 17.5 Å². The first-order valence-corrected chi connectivity index (χ1v) is 11.4. The molecule has 0 N–H and O–H groups in total. The summed E-state index contributed by atoms with van der Waals surface area (Å²) >= 11 is 0. The molecule has 0 bridgehead atoms. The van der Waals surface area contributed by atoms with Crippen molar-refractivity contribution in [3.8, 4) is 33.9 Å². The second-order valence-electron chi connectivity index (χ2n) is 8.12. The zero-order valence-electron chi connectivity index (χ0n) is 19.5. The van der Waals surface area contributed by atoms with E-state index in [4.69, 9.17) is 15.0 Å². The number of hydrogen-bond donors (Lipinski definition) is 0. The van der Waals surface area contributed by atoms with Crippen molar-refractivity contribution in [3.63, 3.8) is 0 Å². The zero-order chi connectivity index (χ0) is 24.2. The molecule has 0 saturated heterocycles. The Morgan fingerprint density at radius 1 is 0.714 bits per heavy atom. The van der Waals surface area contributed by atoms with Gasteiger partial charge < -0.3 is 0 Å². The minimum absolute atomic E-state index is 0.557. The summed E-state index contributed by atoms with van der Waals surface area (Å²) in [5.74, 6) is 1.77. The average molecular weight is 453 g/mol. The smallest absolute Gasteiger partial charge is 0.164 e. The summed E-state index contributed by atoms with van der Waals surface area (Å²) in [6.45, 7) is 9.76. The van der Waals surface area contributed by atoms with Crippen molar-refractivity contribution in [3.05, 3.63) is 128 Å². The summed E-state index contributed by atoms with van der Waals surface area (Å²) in [5.41, 5.74) is 5.85. The van der Waals surface area contributed by atoms with Crippen LogP contribution in [0, 0.1) is 6.92 Å². The van der Waals surface area contributed by atoms with Gasteiger partial charge in [-0.2, -0.15) is 0 Å². The summed E-state index contributed by atoms with van der Waals surface area (Å²) < 4.78 is 0. The first-order valence-electron chi connectivity index (χ1n) is 11.4. The molecule has 2 aromatic heterocycles. The lowest BCUT2D eigenvalue weighted by atomic mass is 9.97. The van der Waals surface area contributed by atoms with Gasteiger partial charge in [0.1, 0.15) is 0 Å². The Kier molecular flexibility index (Phi) is 6.10. The molecule has 0 aliphatic rings. The highest BCUT2D eigenvalue weighted by Crippen LogP contribution is 2.32. The van der Waals surface area contributed by atoms with E-state index in [0.29, 0.717) is 17.5 Å². The van der Waals surface area contributed by atoms with Crippen LogP contribution in [-0.2, 0) is 0 Å². The Labute approximate surface area is 205 Å². The van der Waals surface area contributed by atoms with Gasteiger partial charge in [0.2, 0.25) is 0 Å². The number of nitrogens with zero attached hydrogens (tertiary/aromatic N) is 4. The minimum atomic E-state index is 0.557. The molecule has 0 saturated carbocycles. The molecule has 35 heavy (non-hydrogen) atoms. The van der Waals surface area contributed by atoms with Gasteiger partial charge in [-0.3, -0.25) is 4.98 Å². The van der Waals surface area contributed by atoms with Gasteiger partial charge in [0, 0.05) is 39.5 Å². The van der Waals surface area contributed by atoms with Crippen LogP contribution in [0.2, 0.25) is 0 Å². The van der Waals surface area contributed by atoms with Crippen LogP contribution in [0.5, 0.6) is 0 Å². The molecule has 0 radical (unpaired) electrons.